The van der Waals surface area contributed by atoms with Crippen molar-refractivity contribution in [3.63, 3.8) is 0 Å². The minimum absolute atomic E-state index is 0. The molecular weight excluding hydrogens is 428 g/mol. The number of piperazine rings is 1. The summed E-state index contributed by atoms with van der Waals surface area (Å²) in [6.07, 6.45) is -2.42. The minimum Gasteiger partial charge on any atom is -0.354 e. The van der Waals surface area contributed by atoms with Crippen LogP contribution in [0.4, 0.5) is 24.7 Å². The number of hydrogen-bond donors (Lipinski definition) is 1. The number of hydrogen-bond acceptors (Lipinski definition) is 4. The largest absolute Gasteiger partial charge is 0.416 e. The zero-order chi connectivity index (χ0) is 19.3. The molecule has 0 atom stereocenters. The number of pyridine rings is 1. The molecule has 0 spiro atoms. The van der Waals surface area contributed by atoms with Gasteiger partial charge in [-0.05, 0) is 30.3 Å². The molecule has 1 amide bonds. The number of rotatable bonds is 5. The number of aromatic nitrogens is 1. The molecule has 10 heteroatoms. The van der Waals surface area contributed by atoms with Crippen molar-refractivity contribution in [2.75, 3.05) is 42.9 Å². The number of halogens is 5. The molecule has 160 valence electrons. The highest BCUT2D eigenvalue weighted by atomic mass is 35.5. The molecule has 0 saturated carbocycles. The van der Waals surface area contributed by atoms with E-state index in [4.69, 9.17) is 0 Å². The van der Waals surface area contributed by atoms with E-state index in [2.05, 4.69) is 20.1 Å². The van der Waals surface area contributed by atoms with E-state index in [1.54, 1.807) is 6.20 Å². The summed E-state index contributed by atoms with van der Waals surface area (Å²) in [6.45, 7) is 3.85. The van der Waals surface area contributed by atoms with E-state index in [0.717, 1.165) is 44.1 Å². The van der Waals surface area contributed by atoms with Crippen molar-refractivity contribution < 1.29 is 18.0 Å². The quantitative estimate of drug-likeness (QED) is 0.744. The van der Waals surface area contributed by atoms with Gasteiger partial charge in [-0.1, -0.05) is 12.1 Å². The van der Waals surface area contributed by atoms with Gasteiger partial charge in [0.1, 0.15) is 5.82 Å². The zero-order valence-corrected chi connectivity index (χ0v) is 17.2. The molecule has 1 aromatic heterocycles. The summed E-state index contributed by atoms with van der Waals surface area (Å²) in [7, 11) is 0. The van der Waals surface area contributed by atoms with Gasteiger partial charge in [-0.3, -0.25) is 9.69 Å². The van der Waals surface area contributed by atoms with Gasteiger partial charge in [0.15, 0.2) is 0 Å². The summed E-state index contributed by atoms with van der Waals surface area (Å²) in [5.41, 5.74) is -0.610. The van der Waals surface area contributed by atoms with Crippen molar-refractivity contribution in [1.82, 2.24) is 9.88 Å². The Morgan fingerprint density at radius 3 is 2.38 bits per heavy atom. The van der Waals surface area contributed by atoms with Crippen molar-refractivity contribution in [3.8, 4) is 0 Å². The first kappa shape index (κ1) is 25.0. The van der Waals surface area contributed by atoms with Gasteiger partial charge in [0.25, 0.3) is 0 Å². The van der Waals surface area contributed by atoms with E-state index < -0.39 is 11.7 Å². The van der Waals surface area contributed by atoms with Gasteiger partial charge in [0.05, 0.1) is 5.56 Å². The van der Waals surface area contributed by atoms with Crippen LogP contribution in [-0.2, 0) is 11.0 Å². The Kier molecular flexibility index (Phi) is 9.68. The summed E-state index contributed by atoms with van der Waals surface area (Å²) in [6, 6.07) is 10.5. The fourth-order valence-corrected chi connectivity index (χ4v) is 3.00. The third-order valence-electron chi connectivity index (χ3n) is 4.47. The molecule has 1 aromatic carbocycles. The lowest BCUT2D eigenvalue weighted by Crippen LogP contribution is -2.47. The summed E-state index contributed by atoms with van der Waals surface area (Å²) >= 11 is 0. The van der Waals surface area contributed by atoms with Gasteiger partial charge < -0.3 is 10.2 Å². The second-order valence-corrected chi connectivity index (χ2v) is 6.39. The van der Waals surface area contributed by atoms with Crippen LogP contribution < -0.4 is 10.2 Å². The molecule has 0 unspecified atom stereocenters. The fourth-order valence-electron chi connectivity index (χ4n) is 3.00. The summed E-state index contributed by atoms with van der Waals surface area (Å²) < 4.78 is 38.2. The van der Waals surface area contributed by atoms with E-state index in [-0.39, 0.29) is 42.8 Å². The van der Waals surface area contributed by atoms with E-state index >= 15 is 0 Å². The Morgan fingerprint density at radius 1 is 1.03 bits per heavy atom. The Morgan fingerprint density at radius 2 is 1.76 bits per heavy atom. The van der Waals surface area contributed by atoms with E-state index in [1.165, 1.54) is 12.1 Å². The van der Waals surface area contributed by atoms with E-state index in [0.29, 0.717) is 6.54 Å². The zero-order valence-electron chi connectivity index (χ0n) is 15.6. The summed E-state index contributed by atoms with van der Waals surface area (Å²) in [5, 5.41) is 2.54. The molecule has 3 rings (SSSR count). The molecule has 29 heavy (non-hydrogen) atoms. The lowest BCUT2D eigenvalue weighted by atomic mass is 10.2. The van der Waals surface area contributed by atoms with Crippen LogP contribution in [0.2, 0.25) is 0 Å². The molecule has 1 saturated heterocycles. The van der Waals surface area contributed by atoms with E-state index in [9.17, 15) is 18.0 Å². The van der Waals surface area contributed by atoms with Gasteiger partial charge in [-0.25, -0.2) is 4.98 Å². The van der Waals surface area contributed by atoms with Crippen LogP contribution in [0.3, 0.4) is 0 Å². The average molecular weight is 451 g/mol. The molecule has 1 aliphatic rings. The number of nitrogens with zero attached hydrogens (tertiary/aromatic N) is 3. The molecule has 0 radical (unpaired) electrons. The number of carbonyl (C=O) groups is 1. The van der Waals surface area contributed by atoms with Crippen molar-refractivity contribution in [3.05, 3.63) is 54.2 Å². The van der Waals surface area contributed by atoms with Gasteiger partial charge in [0.2, 0.25) is 5.91 Å². The van der Waals surface area contributed by atoms with Gasteiger partial charge >= 0.3 is 6.18 Å². The van der Waals surface area contributed by atoms with Crippen LogP contribution in [0.15, 0.2) is 48.7 Å². The first-order valence-electron chi connectivity index (χ1n) is 8.77. The van der Waals surface area contributed by atoms with Crippen LogP contribution in [-0.4, -0.2) is 48.5 Å². The maximum Gasteiger partial charge on any atom is 0.416 e. The Balaban J connectivity index is 0.00000210. The van der Waals surface area contributed by atoms with Crippen LogP contribution in [0.1, 0.15) is 12.0 Å². The molecule has 2 heterocycles. The number of anilines is 2. The molecule has 1 fully saturated rings. The highest BCUT2D eigenvalue weighted by Crippen LogP contribution is 2.30. The first-order chi connectivity index (χ1) is 12.9. The van der Waals surface area contributed by atoms with Gasteiger partial charge in [0, 0.05) is 51.0 Å². The maximum absolute atomic E-state index is 12.7. The van der Waals surface area contributed by atoms with Crippen LogP contribution in [0.5, 0.6) is 0 Å². The number of carbonyl (C=O) groups excluding carboxylic acids is 1. The fraction of sp³-hybridized carbons (Fsp3) is 0.368. The topological polar surface area (TPSA) is 48.5 Å². The van der Waals surface area contributed by atoms with Crippen LogP contribution in [0.25, 0.3) is 0 Å². The van der Waals surface area contributed by atoms with E-state index in [1.807, 2.05) is 18.2 Å². The number of benzene rings is 1. The third-order valence-corrected chi connectivity index (χ3v) is 4.47. The molecule has 0 bridgehead atoms. The first-order valence-corrected chi connectivity index (χ1v) is 8.77. The highest BCUT2D eigenvalue weighted by molar-refractivity contribution is 5.90. The SMILES string of the molecule is Cl.Cl.O=C(CCN1CCN(c2ccccn2)CC1)Nc1cccc(C(F)(F)F)c1. The number of amides is 1. The number of alkyl halides is 3. The van der Waals surface area contributed by atoms with Crippen molar-refractivity contribution >= 4 is 42.2 Å². The molecule has 1 aliphatic heterocycles. The standard InChI is InChI=1S/C19H21F3N4O.2ClH/c20-19(21,22)15-4-3-5-16(14-15)24-18(27)7-9-25-10-12-26(13-11-25)17-6-1-2-8-23-17;;/h1-6,8,14H,7,9-13H2,(H,24,27);2*1H. The molecular formula is C19H23Cl2F3N4O. The van der Waals surface area contributed by atoms with Gasteiger partial charge in [-0.2, -0.15) is 13.2 Å². The summed E-state index contributed by atoms with van der Waals surface area (Å²) in [4.78, 5) is 20.8. The molecule has 0 aliphatic carbocycles. The van der Waals surface area contributed by atoms with Crippen molar-refractivity contribution in [2.45, 2.75) is 12.6 Å². The lowest BCUT2D eigenvalue weighted by Gasteiger charge is -2.35. The highest BCUT2D eigenvalue weighted by Gasteiger charge is 2.30. The normalized spacial score (nSPS) is 14.5. The Bertz CT molecular complexity index is 770. The predicted molar refractivity (Wildman–Crippen MR) is 112 cm³/mol. The summed E-state index contributed by atoms with van der Waals surface area (Å²) in [5.74, 6) is 0.654. The van der Waals surface area contributed by atoms with Crippen molar-refractivity contribution in [2.24, 2.45) is 0 Å². The second kappa shape index (κ2) is 11.2. The Labute approximate surface area is 180 Å². The maximum atomic E-state index is 12.7. The average Bonchev–Trinajstić information content (AvgIpc) is 2.67. The second-order valence-electron chi connectivity index (χ2n) is 6.39. The van der Waals surface area contributed by atoms with Gasteiger partial charge in [-0.15, -0.1) is 24.8 Å². The number of nitrogens with one attached hydrogen (secondary N) is 1. The van der Waals surface area contributed by atoms with Crippen LogP contribution >= 0.6 is 24.8 Å². The Hall–Kier alpha value is -2.03. The molecule has 1 N–H and O–H groups in total. The van der Waals surface area contributed by atoms with Crippen LogP contribution in [0, 0.1) is 0 Å². The molecule has 2 aromatic rings. The minimum atomic E-state index is -4.42. The smallest absolute Gasteiger partial charge is 0.354 e. The lowest BCUT2D eigenvalue weighted by molar-refractivity contribution is -0.137. The predicted octanol–water partition coefficient (Wildman–Crippen LogP) is 4.09. The monoisotopic (exact) mass is 450 g/mol. The third kappa shape index (κ3) is 7.38. The van der Waals surface area contributed by atoms with Crippen molar-refractivity contribution in [1.29, 1.82) is 0 Å². The molecule has 5 nitrogen and oxygen atoms in total.